The van der Waals surface area contributed by atoms with Gasteiger partial charge in [-0.15, -0.1) is 0 Å². The number of carbonyl (C=O) groups excluding carboxylic acids is 2. The van der Waals surface area contributed by atoms with E-state index < -0.39 is 0 Å². The quantitative estimate of drug-likeness (QED) is 0.755. The fourth-order valence-electron chi connectivity index (χ4n) is 1.65. The second-order valence-electron chi connectivity index (χ2n) is 3.83. The first kappa shape index (κ1) is 11.2. The van der Waals surface area contributed by atoms with Crippen LogP contribution in [-0.4, -0.2) is 34.8 Å². The number of amides is 1. The fraction of sp³-hybridized carbons (Fsp3) is 0.333. The summed E-state index contributed by atoms with van der Waals surface area (Å²) < 4.78 is 0. The van der Waals surface area contributed by atoms with Gasteiger partial charge in [-0.05, 0) is 13.0 Å². The molecule has 0 unspecified atom stereocenters. The summed E-state index contributed by atoms with van der Waals surface area (Å²) in [6.07, 6.45) is 0. The number of hydrogen-bond donors (Lipinski definition) is 0. The molecule has 1 aromatic carbocycles. The summed E-state index contributed by atoms with van der Waals surface area (Å²) in [4.78, 5) is 24.8. The SMILES string of the molecule is Cc1cccc(C(=O)CN2CCSC2=O)c1. The van der Waals surface area contributed by atoms with Crippen LogP contribution < -0.4 is 0 Å². The molecular formula is C12H13NO2S. The number of hydrogen-bond acceptors (Lipinski definition) is 3. The third-order valence-corrected chi connectivity index (χ3v) is 3.41. The zero-order chi connectivity index (χ0) is 11.5. The van der Waals surface area contributed by atoms with Gasteiger partial charge in [0, 0.05) is 17.9 Å². The Balaban J connectivity index is 2.05. The minimum Gasteiger partial charge on any atom is -0.325 e. The molecule has 1 fully saturated rings. The largest absolute Gasteiger partial charge is 0.325 e. The predicted molar refractivity (Wildman–Crippen MR) is 64.9 cm³/mol. The molecule has 2 rings (SSSR count). The van der Waals surface area contributed by atoms with Crippen LogP contribution >= 0.6 is 11.8 Å². The van der Waals surface area contributed by atoms with Crippen molar-refractivity contribution >= 4 is 22.8 Å². The van der Waals surface area contributed by atoms with Crippen molar-refractivity contribution in [3.05, 3.63) is 35.4 Å². The van der Waals surface area contributed by atoms with Crippen LogP contribution in [0.3, 0.4) is 0 Å². The summed E-state index contributed by atoms with van der Waals surface area (Å²) in [5.41, 5.74) is 1.75. The van der Waals surface area contributed by atoms with E-state index >= 15 is 0 Å². The van der Waals surface area contributed by atoms with Crippen molar-refractivity contribution in [3.63, 3.8) is 0 Å². The molecule has 0 spiro atoms. The number of carbonyl (C=O) groups is 2. The summed E-state index contributed by atoms with van der Waals surface area (Å²) in [6.45, 7) is 2.84. The van der Waals surface area contributed by atoms with Gasteiger partial charge in [0.25, 0.3) is 5.24 Å². The molecule has 3 nitrogen and oxygen atoms in total. The highest BCUT2D eigenvalue weighted by Gasteiger charge is 2.23. The van der Waals surface area contributed by atoms with Crippen molar-refractivity contribution in [3.8, 4) is 0 Å². The van der Waals surface area contributed by atoms with Crippen LogP contribution in [-0.2, 0) is 0 Å². The standard InChI is InChI=1S/C12H13NO2S/c1-9-3-2-4-10(7-9)11(14)8-13-5-6-16-12(13)15/h2-4,7H,5-6,8H2,1H3. The van der Waals surface area contributed by atoms with E-state index in [0.717, 1.165) is 11.3 Å². The number of nitrogens with zero attached hydrogens (tertiary/aromatic N) is 1. The van der Waals surface area contributed by atoms with Crippen molar-refractivity contribution in [1.82, 2.24) is 4.90 Å². The van der Waals surface area contributed by atoms with Crippen molar-refractivity contribution in [2.24, 2.45) is 0 Å². The number of rotatable bonds is 3. The van der Waals surface area contributed by atoms with Gasteiger partial charge in [-0.3, -0.25) is 9.59 Å². The topological polar surface area (TPSA) is 37.4 Å². The second-order valence-corrected chi connectivity index (χ2v) is 4.87. The lowest BCUT2D eigenvalue weighted by Gasteiger charge is -2.13. The zero-order valence-corrected chi connectivity index (χ0v) is 9.92. The second kappa shape index (κ2) is 4.70. The van der Waals surface area contributed by atoms with E-state index in [-0.39, 0.29) is 17.6 Å². The molecule has 0 N–H and O–H groups in total. The van der Waals surface area contributed by atoms with Crippen molar-refractivity contribution in [2.75, 3.05) is 18.8 Å². The number of aryl methyl sites for hydroxylation is 1. The molecule has 1 saturated heterocycles. The third-order valence-electron chi connectivity index (χ3n) is 2.52. The molecule has 0 radical (unpaired) electrons. The van der Waals surface area contributed by atoms with Crippen LogP contribution in [0, 0.1) is 6.92 Å². The maximum atomic E-state index is 11.9. The van der Waals surface area contributed by atoms with E-state index in [4.69, 9.17) is 0 Å². The van der Waals surface area contributed by atoms with Crippen LogP contribution in [0.15, 0.2) is 24.3 Å². The molecule has 16 heavy (non-hydrogen) atoms. The van der Waals surface area contributed by atoms with Gasteiger partial charge in [0.1, 0.15) is 0 Å². The minimum absolute atomic E-state index is 0.0135. The van der Waals surface area contributed by atoms with E-state index in [2.05, 4.69) is 0 Å². The first-order chi connectivity index (χ1) is 7.66. The number of ketones is 1. The Labute approximate surface area is 98.8 Å². The maximum absolute atomic E-state index is 11.9. The zero-order valence-electron chi connectivity index (χ0n) is 9.10. The predicted octanol–water partition coefficient (Wildman–Crippen LogP) is 2.35. The Morgan fingerprint density at radius 1 is 1.50 bits per heavy atom. The van der Waals surface area contributed by atoms with Gasteiger partial charge >= 0.3 is 0 Å². The Hall–Kier alpha value is -1.29. The van der Waals surface area contributed by atoms with Gasteiger partial charge in [0.2, 0.25) is 0 Å². The molecule has 84 valence electrons. The molecule has 0 aliphatic carbocycles. The minimum atomic E-state index is 0.0135. The molecule has 1 heterocycles. The summed E-state index contributed by atoms with van der Waals surface area (Å²) in [5, 5.41) is 0.0148. The number of benzene rings is 1. The summed E-state index contributed by atoms with van der Waals surface area (Å²) in [7, 11) is 0. The molecule has 1 aliphatic heterocycles. The van der Waals surface area contributed by atoms with E-state index in [0.29, 0.717) is 12.1 Å². The smallest absolute Gasteiger partial charge is 0.282 e. The van der Waals surface area contributed by atoms with Crippen molar-refractivity contribution < 1.29 is 9.59 Å². The first-order valence-corrected chi connectivity index (χ1v) is 6.17. The molecule has 1 aliphatic rings. The summed E-state index contributed by atoms with van der Waals surface area (Å²) in [5.74, 6) is 0.805. The van der Waals surface area contributed by atoms with Gasteiger partial charge < -0.3 is 4.90 Å². The normalized spacial score (nSPS) is 15.6. The molecule has 1 aromatic rings. The Bertz CT molecular complexity index is 431. The molecule has 0 aromatic heterocycles. The fourth-order valence-corrected chi connectivity index (χ4v) is 2.48. The van der Waals surface area contributed by atoms with Crippen LogP contribution in [0.1, 0.15) is 15.9 Å². The third kappa shape index (κ3) is 2.44. The van der Waals surface area contributed by atoms with Crippen molar-refractivity contribution in [1.29, 1.82) is 0 Å². The highest BCUT2D eigenvalue weighted by Crippen LogP contribution is 2.17. The first-order valence-electron chi connectivity index (χ1n) is 5.18. The van der Waals surface area contributed by atoms with E-state index in [1.807, 2.05) is 25.1 Å². The van der Waals surface area contributed by atoms with Gasteiger partial charge in [-0.25, -0.2) is 0 Å². The monoisotopic (exact) mass is 235 g/mol. The lowest BCUT2D eigenvalue weighted by molar-refractivity contribution is 0.0956. The Kier molecular flexibility index (Phi) is 3.29. The highest BCUT2D eigenvalue weighted by atomic mass is 32.2. The van der Waals surface area contributed by atoms with E-state index in [1.165, 1.54) is 11.8 Å². The van der Waals surface area contributed by atoms with Crippen LogP contribution in [0.2, 0.25) is 0 Å². The van der Waals surface area contributed by atoms with Crippen LogP contribution in [0.4, 0.5) is 4.79 Å². The van der Waals surface area contributed by atoms with Gasteiger partial charge in [0.05, 0.1) is 6.54 Å². The highest BCUT2D eigenvalue weighted by molar-refractivity contribution is 8.13. The van der Waals surface area contributed by atoms with Crippen LogP contribution in [0.25, 0.3) is 0 Å². The Morgan fingerprint density at radius 3 is 2.94 bits per heavy atom. The van der Waals surface area contributed by atoms with Crippen molar-refractivity contribution in [2.45, 2.75) is 6.92 Å². The maximum Gasteiger partial charge on any atom is 0.282 e. The summed E-state index contributed by atoms with van der Waals surface area (Å²) >= 11 is 1.28. The average Bonchev–Trinajstić information content (AvgIpc) is 2.64. The lowest BCUT2D eigenvalue weighted by Crippen LogP contribution is -2.29. The molecule has 0 bridgehead atoms. The molecule has 0 saturated carbocycles. The van der Waals surface area contributed by atoms with Crippen LogP contribution in [0.5, 0.6) is 0 Å². The van der Waals surface area contributed by atoms with Gasteiger partial charge in [-0.1, -0.05) is 35.5 Å². The average molecular weight is 235 g/mol. The molecule has 4 heteroatoms. The number of Topliss-reactive ketones (excluding diaryl/α,β-unsaturated/α-hetero) is 1. The number of thioether (sulfide) groups is 1. The molecule has 1 amide bonds. The lowest BCUT2D eigenvalue weighted by atomic mass is 10.1. The molecular weight excluding hydrogens is 222 g/mol. The Morgan fingerprint density at radius 2 is 2.31 bits per heavy atom. The molecule has 0 atom stereocenters. The van der Waals surface area contributed by atoms with E-state index in [9.17, 15) is 9.59 Å². The summed E-state index contributed by atoms with van der Waals surface area (Å²) in [6, 6.07) is 7.47. The van der Waals surface area contributed by atoms with E-state index in [1.54, 1.807) is 11.0 Å². The van der Waals surface area contributed by atoms with Gasteiger partial charge in [0.15, 0.2) is 5.78 Å². The van der Waals surface area contributed by atoms with Gasteiger partial charge in [-0.2, -0.15) is 0 Å².